The van der Waals surface area contributed by atoms with Crippen molar-refractivity contribution in [3.05, 3.63) is 29.3 Å². The van der Waals surface area contributed by atoms with Gasteiger partial charge in [-0.15, -0.1) is 0 Å². The summed E-state index contributed by atoms with van der Waals surface area (Å²) in [6.45, 7) is 0. The molecule has 5 nitrogen and oxygen atoms in total. The molecule has 0 aliphatic rings. The molecular weight excluding hydrogens is 220 g/mol. The van der Waals surface area contributed by atoms with Gasteiger partial charge in [0.15, 0.2) is 0 Å². The van der Waals surface area contributed by atoms with Gasteiger partial charge in [0.05, 0.1) is 12.8 Å². The first kappa shape index (κ1) is 11.3. The van der Waals surface area contributed by atoms with E-state index in [1.54, 1.807) is 12.1 Å². The van der Waals surface area contributed by atoms with E-state index in [2.05, 4.69) is 4.74 Å². The molecule has 2 N–H and O–H groups in total. The Hall–Kier alpha value is -1.75. The van der Waals surface area contributed by atoms with E-state index in [4.69, 9.17) is 17.3 Å². The maximum atomic E-state index is 11.2. The normalized spacial score (nSPS) is 9.47. The van der Waals surface area contributed by atoms with Crippen LogP contribution >= 0.6 is 11.6 Å². The van der Waals surface area contributed by atoms with E-state index in [0.29, 0.717) is 9.92 Å². The molecule has 3 amide bonds. The third kappa shape index (κ3) is 2.60. The third-order valence-corrected chi connectivity index (χ3v) is 1.88. The standard InChI is InChI=1S/C9H9ClN2O3/c1-15-9(14)12(8(11)13)7-4-2-3-6(10)5-7/h2-5H,1H3,(H2,11,13). The Morgan fingerprint density at radius 3 is 2.60 bits per heavy atom. The molecule has 80 valence electrons. The number of benzene rings is 1. The number of carbonyl (C=O) groups is 2. The van der Waals surface area contributed by atoms with Gasteiger partial charge in [-0.3, -0.25) is 0 Å². The number of nitrogens with zero attached hydrogens (tertiary/aromatic N) is 1. The summed E-state index contributed by atoms with van der Waals surface area (Å²) in [5.74, 6) is 0. The van der Waals surface area contributed by atoms with Crippen molar-refractivity contribution in [3.63, 3.8) is 0 Å². The number of nitrogens with two attached hydrogens (primary N) is 1. The molecule has 0 bridgehead atoms. The minimum absolute atomic E-state index is 0.266. The molecule has 1 aromatic carbocycles. The zero-order chi connectivity index (χ0) is 11.4. The first-order valence-electron chi connectivity index (χ1n) is 3.99. The molecule has 0 heterocycles. The zero-order valence-corrected chi connectivity index (χ0v) is 8.69. The topological polar surface area (TPSA) is 72.6 Å². The number of anilines is 1. The Labute approximate surface area is 91.4 Å². The summed E-state index contributed by atoms with van der Waals surface area (Å²) < 4.78 is 4.41. The van der Waals surface area contributed by atoms with Crippen molar-refractivity contribution < 1.29 is 14.3 Å². The van der Waals surface area contributed by atoms with Crippen molar-refractivity contribution in [2.45, 2.75) is 0 Å². The lowest BCUT2D eigenvalue weighted by molar-refractivity contribution is 0.179. The second kappa shape index (κ2) is 4.65. The van der Waals surface area contributed by atoms with Crippen LogP contribution in [0.1, 0.15) is 0 Å². The lowest BCUT2D eigenvalue weighted by atomic mass is 10.3. The van der Waals surface area contributed by atoms with E-state index in [0.717, 1.165) is 7.11 Å². The quantitative estimate of drug-likeness (QED) is 0.799. The number of urea groups is 1. The molecule has 1 aromatic rings. The van der Waals surface area contributed by atoms with Crippen LogP contribution in [0, 0.1) is 0 Å². The van der Waals surface area contributed by atoms with E-state index in [1.807, 2.05) is 0 Å². The number of amides is 3. The Morgan fingerprint density at radius 1 is 1.47 bits per heavy atom. The van der Waals surface area contributed by atoms with Crippen molar-refractivity contribution in [2.24, 2.45) is 5.73 Å². The lowest BCUT2D eigenvalue weighted by Gasteiger charge is -2.16. The minimum Gasteiger partial charge on any atom is -0.452 e. The molecule has 6 heteroatoms. The SMILES string of the molecule is COC(=O)N(C(N)=O)c1cccc(Cl)c1. The van der Waals surface area contributed by atoms with Crippen molar-refractivity contribution >= 4 is 29.4 Å². The summed E-state index contributed by atoms with van der Waals surface area (Å²) >= 11 is 5.71. The summed E-state index contributed by atoms with van der Waals surface area (Å²) in [5, 5.41) is 0.391. The van der Waals surface area contributed by atoms with Crippen LogP contribution in [0.5, 0.6) is 0 Å². The number of imide groups is 1. The van der Waals surface area contributed by atoms with Gasteiger partial charge in [0.2, 0.25) is 0 Å². The number of methoxy groups -OCH3 is 1. The number of hydrogen-bond acceptors (Lipinski definition) is 3. The molecule has 0 aliphatic carbocycles. The van der Waals surface area contributed by atoms with Gasteiger partial charge < -0.3 is 10.5 Å². The van der Waals surface area contributed by atoms with E-state index in [-0.39, 0.29) is 5.69 Å². The molecule has 0 radical (unpaired) electrons. The highest BCUT2D eigenvalue weighted by molar-refractivity contribution is 6.31. The fourth-order valence-electron chi connectivity index (χ4n) is 1.03. The second-order valence-electron chi connectivity index (χ2n) is 2.62. The van der Waals surface area contributed by atoms with E-state index < -0.39 is 12.1 Å². The van der Waals surface area contributed by atoms with Crippen molar-refractivity contribution in [3.8, 4) is 0 Å². The van der Waals surface area contributed by atoms with E-state index in [9.17, 15) is 9.59 Å². The monoisotopic (exact) mass is 228 g/mol. The fraction of sp³-hybridized carbons (Fsp3) is 0.111. The van der Waals surface area contributed by atoms with Gasteiger partial charge in [0.25, 0.3) is 0 Å². The molecule has 15 heavy (non-hydrogen) atoms. The molecule has 0 saturated carbocycles. The Bertz CT molecular complexity index is 395. The highest BCUT2D eigenvalue weighted by atomic mass is 35.5. The highest BCUT2D eigenvalue weighted by Gasteiger charge is 2.21. The van der Waals surface area contributed by atoms with Gasteiger partial charge in [0, 0.05) is 5.02 Å². The Morgan fingerprint density at radius 2 is 2.13 bits per heavy atom. The number of rotatable bonds is 1. The van der Waals surface area contributed by atoms with Gasteiger partial charge in [-0.05, 0) is 18.2 Å². The molecule has 0 atom stereocenters. The summed E-state index contributed by atoms with van der Waals surface area (Å²) in [7, 11) is 1.16. The van der Waals surface area contributed by atoms with Crippen LogP contribution in [0.4, 0.5) is 15.3 Å². The fourth-order valence-corrected chi connectivity index (χ4v) is 1.21. The Kier molecular flexibility index (Phi) is 3.51. The molecule has 0 spiro atoms. The summed E-state index contributed by atoms with van der Waals surface area (Å²) in [6, 6.07) is 5.23. The van der Waals surface area contributed by atoms with Crippen LogP contribution in [0.2, 0.25) is 5.02 Å². The summed E-state index contributed by atoms with van der Waals surface area (Å²) in [4.78, 5) is 22.9. The first-order chi connectivity index (χ1) is 7.06. The van der Waals surface area contributed by atoms with Gasteiger partial charge in [-0.2, -0.15) is 4.90 Å². The zero-order valence-electron chi connectivity index (χ0n) is 7.94. The predicted molar refractivity (Wildman–Crippen MR) is 55.9 cm³/mol. The lowest BCUT2D eigenvalue weighted by Crippen LogP contribution is -2.40. The van der Waals surface area contributed by atoms with Crippen LogP contribution in [0.3, 0.4) is 0 Å². The molecule has 0 aliphatic heterocycles. The average Bonchev–Trinajstić information content (AvgIpc) is 2.17. The predicted octanol–water partition coefficient (Wildman–Crippen LogP) is 1.99. The summed E-state index contributed by atoms with van der Waals surface area (Å²) in [6.07, 6.45) is -0.857. The second-order valence-corrected chi connectivity index (χ2v) is 3.06. The van der Waals surface area contributed by atoms with Crippen molar-refractivity contribution in [1.29, 1.82) is 0 Å². The maximum Gasteiger partial charge on any atom is 0.422 e. The van der Waals surface area contributed by atoms with Crippen LogP contribution in [0.25, 0.3) is 0 Å². The molecule has 0 aromatic heterocycles. The van der Waals surface area contributed by atoms with Crippen LogP contribution < -0.4 is 10.6 Å². The van der Waals surface area contributed by atoms with Crippen LogP contribution in [0.15, 0.2) is 24.3 Å². The van der Waals surface area contributed by atoms with Crippen LogP contribution in [-0.2, 0) is 4.74 Å². The molecule has 0 fully saturated rings. The Balaban J connectivity index is 3.10. The van der Waals surface area contributed by atoms with Gasteiger partial charge in [-0.1, -0.05) is 17.7 Å². The number of halogens is 1. The van der Waals surface area contributed by atoms with E-state index >= 15 is 0 Å². The number of carbonyl (C=O) groups excluding carboxylic acids is 2. The third-order valence-electron chi connectivity index (χ3n) is 1.64. The smallest absolute Gasteiger partial charge is 0.422 e. The highest BCUT2D eigenvalue weighted by Crippen LogP contribution is 2.19. The number of ether oxygens (including phenoxy) is 1. The van der Waals surface area contributed by atoms with Crippen LogP contribution in [-0.4, -0.2) is 19.2 Å². The van der Waals surface area contributed by atoms with Crippen molar-refractivity contribution in [2.75, 3.05) is 12.0 Å². The number of hydrogen-bond donors (Lipinski definition) is 1. The molecule has 0 saturated heterocycles. The molecule has 1 rings (SSSR count). The largest absolute Gasteiger partial charge is 0.452 e. The molecular formula is C9H9ClN2O3. The summed E-state index contributed by atoms with van der Waals surface area (Å²) in [5.41, 5.74) is 5.30. The molecule has 0 unspecified atom stereocenters. The van der Waals surface area contributed by atoms with Gasteiger partial charge in [0.1, 0.15) is 0 Å². The maximum absolute atomic E-state index is 11.2. The average molecular weight is 229 g/mol. The van der Waals surface area contributed by atoms with Gasteiger partial charge >= 0.3 is 12.1 Å². The minimum atomic E-state index is -0.927. The number of primary amides is 1. The van der Waals surface area contributed by atoms with E-state index in [1.165, 1.54) is 12.1 Å². The first-order valence-corrected chi connectivity index (χ1v) is 4.37. The van der Waals surface area contributed by atoms with Crippen molar-refractivity contribution in [1.82, 2.24) is 0 Å². The van der Waals surface area contributed by atoms with Gasteiger partial charge in [-0.25, -0.2) is 9.59 Å².